The zero-order chi connectivity index (χ0) is 22.6. The van der Waals surface area contributed by atoms with Crippen LogP contribution in [-0.4, -0.2) is 43.2 Å². The molecule has 1 N–H and O–H groups in total. The molecule has 0 aliphatic carbocycles. The highest BCUT2D eigenvalue weighted by atomic mass is 16.5. The molecule has 5 nitrogen and oxygen atoms in total. The summed E-state index contributed by atoms with van der Waals surface area (Å²) in [5.74, 6) is 2.67. The van der Waals surface area contributed by atoms with Crippen molar-refractivity contribution in [2.75, 3.05) is 26.7 Å². The second kappa shape index (κ2) is 9.95. The average Bonchev–Trinajstić information content (AvgIpc) is 2.80. The van der Waals surface area contributed by atoms with Crippen molar-refractivity contribution in [1.29, 1.82) is 0 Å². The lowest BCUT2D eigenvalue weighted by atomic mass is 9.76. The van der Waals surface area contributed by atoms with E-state index < -0.39 is 0 Å². The minimum atomic E-state index is -0.173. The van der Waals surface area contributed by atoms with Gasteiger partial charge in [-0.3, -0.25) is 9.69 Å². The van der Waals surface area contributed by atoms with E-state index in [0.29, 0.717) is 12.3 Å². The number of hydrogen-bond donors (Lipinski definition) is 1. The number of piperidine rings is 1. The van der Waals surface area contributed by atoms with Crippen molar-refractivity contribution in [2.24, 2.45) is 5.92 Å². The van der Waals surface area contributed by atoms with Gasteiger partial charge in [-0.05, 0) is 54.5 Å². The van der Waals surface area contributed by atoms with Crippen molar-refractivity contribution in [3.63, 3.8) is 0 Å². The maximum Gasteiger partial charge on any atom is 0.220 e. The third-order valence-corrected chi connectivity index (χ3v) is 6.78. The summed E-state index contributed by atoms with van der Waals surface area (Å²) in [5, 5.41) is 3.10. The van der Waals surface area contributed by atoms with Crippen LogP contribution in [0, 0.1) is 5.92 Å². The molecule has 2 aliphatic rings. The molecular weight excluding hydrogens is 400 g/mol. The van der Waals surface area contributed by atoms with E-state index in [0.717, 1.165) is 56.9 Å². The highest BCUT2D eigenvalue weighted by molar-refractivity contribution is 5.77. The Morgan fingerprint density at radius 3 is 2.56 bits per heavy atom. The Kier molecular flexibility index (Phi) is 7.04. The van der Waals surface area contributed by atoms with Crippen LogP contribution in [-0.2, 0) is 11.3 Å². The van der Waals surface area contributed by atoms with Crippen molar-refractivity contribution in [1.82, 2.24) is 10.2 Å². The second-order valence-electron chi connectivity index (χ2n) is 9.75. The van der Waals surface area contributed by atoms with Crippen LogP contribution in [0.5, 0.6) is 11.5 Å². The molecular formula is C27H36N2O3. The molecule has 0 radical (unpaired) electrons. The molecule has 0 saturated carbocycles. The molecule has 2 aromatic carbocycles. The van der Waals surface area contributed by atoms with E-state index in [1.807, 2.05) is 18.2 Å². The van der Waals surface area contributed by atoms with E-state index >= 15 is 0 Å². The largest absolute Gasteiger partial charge is 0.497 e. The Morgan fingerprint density at radius 1 is 1.16 bits per heavy atom. The van der Waals surface area contributed by atoms with E-state index in [4.69, 9.17) is 9.47 Å². The van der Waals surface area contributed by atoms with Gasteiger partial charge in [0.05, 0.1) is 7.11 Å². The van der Waals surface area contributed by atoms with Crippen LogP contribution in [0.2, 0.25) is 0 Å². The average molecular weight is 437 g/mol. The summed E-state index contributed by atoms with van der Waals surface area (Å²) in [6.45, 7) is 7.92. The van der Waals surface area contributed by atoms with Gasteiger partial charge in [-0.2, -0.15) is 0 Å². The maximum atomic E-state index is 12.6. The van der Waals surface area contributed by atoms with Gasteiger partial charge in [0.25, 0.3) is 0 Å². The highest BCUT2D eigenvalue weighted by Gasteiger charge is 2.43. The summed E-state index contributed by atoms with van der Waals surface area (Å²) >= 11 is 0. The summed E-state index contributed by atoms with van der Waals surface area (Å²) in [6, 6.07) is 16.6. The molecule has 1 spiro atoms. The predicted molar refractivity (Wildman–Crippen MR) is 127 cm³/mol. The first-order chi connectivity index (χ1) is 15.5. The number of methoxy groups -OCH3 is 1. The fourth-order valence-electron chi connectivity index (χ4n) is 4.95. The zero-order valence-corrected chi connectivity index (χ0v) is 19.6. The van der Waals surface area contributed by atoms with Gasteiger partial charge in [0.1, 0.15) is 17.1 Å². The van der Waals surface area contributed by atoms with Gasteiger partial charge in [0.2, 0.25) is 5.91 Å². The van der Waals surface area contributed by atoms with Gasteiger partial charge < -0.3 is 14.8 Å². The lowest BCUT2D eigenvalue weighted by Gasteiger charge is -2.47. The molecule has 1 amide bonds. The fraction of sp³-hybridized carbons (Fsp3) is 0.519. The Bertz CT molecular complexity index is 901. The number of nitrogens with one attached hydrogen (secondary N) is 1. The van der Waals surface area contributed by atoms with Crippen molar-refractivity contribution >= 4 is 5.91 Å². The van der Waals surface area contributed by atoms with Crippen molar-refractivity contribution in [2.45, 2.75) is 57.6 Å². The molecule has 0 aromatic heterocycles. The van der Waals surface area contributed by atoms with Crippen LogP contribution in [0.25, 0.3) is 0 Å². The molecule has 1 fully saturated rings. The molecule has 1 unspecified atom stereocenters. The molecule has 1 saturated heterocycles. The maximum absolute atomic E-state index is 12.6. The SMILES string of the molecule is COc1ccc(CN2CCC3(CC2)CC(CC(=O)NCC(C)C)c2ccccc2O3)cc1. The van der Waals surface area contributed by atoms with Crippen molar-refractivity contribution in [3.8, 4) is 11.5 Å². The topological polar surface area (TPSA) is 50.8 Å². The van der Waals surface area contributed by atoms with Crippen LogP contribution < -0.4 is 14.8 Å². The quantitative estimate of drug-likeness (QED) is 0.680. The summed E-state index contributed by atoms with van der Waals surface area (Å²) in [7, 11) is 1.70. The molecule has 32 heavy (non-hydrogen) atoms. The number of likely N-dealkylation sites (tertiary alicyclic amines) is 1. The number of hydrogen-bond acceptors (Lipinski definition) is 4. The Labute approximate surface area is 192 Å². The first-order valence-corrected chi connectivity index (χ1v) is 11.9. The first-order valence-electron chi connectivity index (χ1n) is 11.9. The van der Waals surface area contributed by atoms with Crippen molar-refractivity contribution in [3.05, 3.63) is 59.7 Å². The number of benzene rings is 2. The van der Waals surface area contributed by atoms with E-state index in [9.17, 15) is 4.79 Å². The summed E-state index contributed by atoms with van der Waals surface area (Å²) in [6.07, 6.45) is 3.42. The zero-order valence-electron chi connectivity index (χ0n) is 19.6. The van der Waals surface area contributed by atoms with Gasteiger partial charge in [0.15, 0.2) is 0 Å². The minimum Gasteiger partial charge on any atom is -0.497 e. The van der Waals surface area contributed by atoms with E-state index in [1.165, 1.54) is 11.1 Å². The van der Waals surface area contributed by atoms with Crippen LogP contribution in [0.3, 0.4) is 0 Å². The first kappa shape index (κ1) is 22.7. The van der Waals surface area contributed by atoms with E-state index in [1.54, 1.807) is 7.11 Å². The molecule has 0 bridgehead atoms. The van der Waals surface area contributed by atoms with E-state index in [-0.39, 0.29) is 17.4 Å². The Hall–Kier alpha value is -2.53. The Morgan fingerprint density at radius 2 is 1.88 bits per heavy atom. The van der Waals surface area contributed by atoms with E-state index in [2.05, 4.69) is 54.4 Å². The van der Waals surface area contributed by atoms with Gasteiger partial charge in [-0.15, -0.1) is 0 Å². The normalized spacial score (nSPS) is 19.9. The minimum absolute atomic E-state index is 0.146. The highest BCUT2D eigenvalue weighted by Crippen LogP contribution is 2.46. The number of para-hydroxylation sites is 1. The molecule has 2 heterocycles. The summed E-state index contributed by atoms with van der Waals surface area (Å²) in [5.41, 5.74) is 2.31. The van der Waals surface area contributed by atoms with Crippen LogP contribution >= 0.6 is 0 Å². The third-order valence-electron chi connectivity index (χ3n) is 6.78. The monoisotopic (exact) mass is 436 g/mol. The van der Waals surface area contributed by atoms with Gasteiger partial charge in [0, 0.05) is 38.5 Å². The standard InChI is InChI=1S/C27H36N2O3/c1-20(2)18-28-26(30)16-22-17-27(32-25-7-5-4-6-24(22)25)12-14-29(15-13-27)19-21-8-10-23(31-3)11-9-21/h4-11,20,22H,12-19H2,1-3H3,(H,28,30). The van der Waals surface area contributed by atoms with Crippen LogP contribution in [0.4, 0.5) is 0 Å². The Balaban J connectivity index is 1.40. The molecule has 4 rings (SSSR count). The second-order valence-corrected chi connectivity index (χ2v) is 9.75. The summed E-state index contributed by atoms with van der Waals surface area (Å²) in [4.78, 5) is 15.1. The molecule has 2 aliphatic heterocycles. The smallest absolute Gasteiger partial charge is 0.220 e. The number of carbonyl (C=O) groups is 1. The molecule has 1 atom stereocenters. The lowest BCUT2D eigenvalue weighted by molar-refractivity contribution is -0.122. The predicted octanol–water partition coefficient (Wildman–Crippen LogP) is 4.76. The third kappa shape index (κ3) is 5.44. The number of carbonyl (C=O) groups excluding carboxylic acids is 1. The van der Waals surface area contributed by atoms with Crippen molar-refractivity contribution < 1.29 is 14.3 Å². The number of ether oxygens (including phenoxy) is 2. The van der Waals surface area contributed by atoms with Crippen LogP contribution in [0.15, 0.2) is 48.5 Å². The number of fused-ring (bicyclic) bond motifs is 1. The number of rotatable bonds is 7. The number of nitrogens with zero attached hydrogens (tertiary/aromatic N) is 1. The summed E-state index contributed by atoms with van der Waals surface area (Å²) < 4.78 is 11.9. The van der Waals surface area contributed by atoms with Crippen LogP contribution in [0.1, 0.15) is 56.6 Å². The fourth-order valence-corrected chi connectivity index (χ4v) is 4.95. The van der Waals surface area contributed by atoms with Gasteiger partial charge in [-0.25, -0.2) is 0 Å². The van der Waals surface area contributed by atoms with Gasteiger partial charge >= 0.3 is 0 Å². The molecule has 172 valence electrons. The number of amides is 1. The molecule has 5 heteroatoms. The van der Waals surface area contributed by atoms with Gasteiger partial charge in [-0.1, -0.05) is 44.2 Å². The molecule has 2 aromatic rings. The lowest BCUT2D eigenvalue weighted by Crippen LogP contribution is -2.50.